The minimum Gasteiger partial charge on any atom is -0.378 e. The molecule has 0 unspecified atom stereocenters. The van der Waals surface area contributed by atoms with Crippen LogP contribution in [0.4, 0.5) is 5.95 Å². The van der Waals surface area contributed by atoms with Gasteiger partial charge in [-0.25, -0.2) is 4.98 Å². The van der Waals surface area contributed by atoms with Crippen molar-refractivity contribution in [2.75, 3.05) is 31.2 Å². The molecule has 1 aromatic heterocycles. The van der Waals surface area contributed by atoms with Gasteiger partial charge in [0.05, 0.1) is 13.2 Å². The number of hydrogen-bond acceptors (Lipinski definition) is 4. The monoisotopic (exact) mass is 287 g/mol. The lowest BCUT2D eigenvalue weighted by Gasteiger charge is -2.27. The van der Waals surface area contributed by atoms with Crippen LogP contribution in [0.25, 0.3) is 0 Å². The highest BCUT2D eigenvalue weighted by atomic mass is 35.5. The standard InChI is InChI=1S/C13H21N3O2.ClH/c1-10(2)3-4-11-9-12(17)15-13(14-11)16-5-7-18-8-6-16;/h9-10H,3-8H2,1-2H3,(H,14,15,17);1H. The van der Waals surface area contributed by atoms with Crippen LogP contribution >= 0.6 is 12.4 Å². The second-order valence-corrected chi connectivity index (χ2v) is 5.09. The van der Waals surface area contributed by atoms with Crippen LogP contribution in [0.15, 0.2) is 10.9 Å². The molecule has 2 heterocycles. The summed E-state index contributed by atoms with van der Waals surface area (Å²) in [5.41, 5.74) is 0.819. The van der Waals surface area contributed by atoms with Gasteiger partial charge in [0.1, 0.15) is 0 Å². The molecule has 0 amide bonds. The molecule has 1 aliphatic heterocycles. The highest BCUT2D eigenvalue weighted by Gasteiger charge is 2.14. The van der Waals surface area contributed by atoms with Crippen LogP contribution in [-0.4, -0.2) is 36.3 Å². The number of nitrogens with zero attached hydrogens (tertiary/aromatic N) is 2. The first-order valence-corrected chi connectivity index (χ1v) is 6.58. The predicted molar refractivity (Wildman–Crippen MR) is 78.3 cm³/mol. The molecule has 1 fully saturated rings. The highest BCUT2D eigenvalue weighted by Crippen LogP contribution is 2.11. The van der Waals surface area contributed by atoms with Gasteiger partial charge in [-0.05, 0) is 18.8 Å². The largest absolute Gasteiger partial charge is 0.378 e. The van der Waals surface area contributed by atoms with Gasteiger partial charge in [0.15, 0.2) is 0 Å². The zero-order valence-corrected chi connectivity index (χ0v) is 12.3. The number of aromatic nitrogens is 2. The lowest BCUT2D eigenvalue weighted by molar-refractivity contribution is 0.122. The van der Waals surface area contributed by atoms with Crippen LogP contribution in [-0.2, 0) is 11.2 Å². The third-order valence-corrected chi connectivity index (χ3v) is 3.07. The molecule has 0 spiro atoms. The summed E-state index contributed by atoms with van der Waals surface area (Å²) in [4.78, 5) is 21.1. The minimum absolute atomic E-state index is 0. The fraction of sp³-hybridized carbons (Fsp3) is 0.692. The zero-order valence-electron chi connectivity index (χ0n) is 11.5. The van der Waals surface area contributed by atoms with E-state index in [1.165, 1.54) is 0 Å². The first-order valence-electron chi connectivity index (χ1n) is 6.58. The van der Waals surface area contributed by atoms with Crippen LogP contribution in [0.1, 0.15) is 26.0 Å². The molecular weight excluding hydrogens is 266 g/mol. The van der Waals surface area contributed by atoms with Crippen molar-refractivity contribution in [2.45, 2.75) is 26.7 Å². The second-order valence-electron chi connectivity index (χ2n) is 5.09. The molecule has 0 saturated carbocycles. The van der Waals surface area contributed by atoms with E-state index in [1.807, 2.05) is 0 Å². The van der Waals surface area contributed by atoms with Crippen molar-refractivity contribution in [1.29, 1.82) is 0 Å². The summed E-state index contributed by atoms with van der Waals surface area (Å²) < 4.78 is 5.30. The van der Waals surface area contributed by atoms with Crippen LogP contribution < -0.4 is 10.5 Å². The molecule has 1 N–H and O–H groups in total. The Balaban J connectivity index is 0.00000180. The van der Waals surface area contributed by atoms with E-state index in [0.29, 0.717) is 25.1 Å². The summed E-state index contributed by atoms with van der Waals surface area (Å²) in [5, 5.41) is 0. The van der Waals surface area contributed by atoms with Crippen molar-refractivity contribution < 1.29 is 4.74 Å². The average Bonchev–Trinajstić information content (AvgIpc) is 2.37. The van der Waals surface area contributed by atoms with E-state index in [0.717, 1.165) is 31.6 Å². The second kappa shape index (κ2) is 7.50. The molecule has 5 nitrogen and oxygen atoms in total. The quantitative estimate of drug-likeness (QED) is 0.914. The Morgan fingerprint density at radius 3 is 2.74 bits per heavy atom. The van der Waals surface area contributed by atoms with E-state index in [9.17, 15) is 4.79 Å². The summed E-state index contributed by atoms with van der Waals surface area (Å²) in [6.07, 6.45) is 1.91. The Bertz CT molecular complexity index is 442. The molecule has 0 bridgehead atoms. The van der Waals surface area contributed by atoms with E-state index in [-0.39, 0.29) is 18.0 Å². The maximum Gasteiger partial charge on any atom is 0.252 e. The summed E-state index contributed by atoms with van der Waals surface area (Å²) in [5.74, 6) is 1.31. The molecule has 6 heteroatoms. The molecule has 0 atom stereocenters. The van der Waals surface area contributed by atoms with E-state index >= 15 is 0 Å². The molecule has 1 aromatic rings. The van der Waals surface area contributed by atoms with Gasteiger partial charge in [0.25, 0.3) is 5.56 Å². The predicted octanol–water partition coefficient (Wildman–Crippen LogP) is 1.62. The molecule has 0 aromatic carbocycles. The smallest absolute Gasteiger partial charge is 0.252 e. The number of rotatable bonds is 4. The third-order valence-electron chi connectivity index (χ3n) is 3.07. The normalized spacial score (nSPS) is 15.4. The molecule has 0 aliphatic carbocycles. The van der Waals surface area contributed by atoms with E-state index in [1.54, 1.807) is 6.07 Å². The lowest BCUT2D eigenvalue weighted by Crippen LogP contribution is -2.38. The molecule has 19 heavy (non-hydrogen) atoms. The van der Waals surface area contributed by atoms with Crippen LogP contribution in [0, 0.1) is 5.92 Å². The van der Waals surface area contributed by atoms with Crippen LogP contribution in [0.2, 0.25) is 0 Å². The first-order chi connectivity index (χ1) is 8.65. The Morgan fingerprint density at radius 1 is 1.42 bits per heavy atom. The number of ether oxygens (including phenoxy) is 1. The van der Waals surface area contributed by atoms with E-state index in [2.05, 4.69) is 28.7 Å². The Kier molecular flexibility index (Phi) is 6.31. The number of nitrogens with one attached hydrogen (secondary N) is 1. The van der Waals surface area contributed by atoms with Gasteiger partial charge in [-0.1, -0.05) is 13.8 Å². The van der Waals surface area contributed by atoms with Crippen LogP contribution in [0.3, 0.4) is 0 Å². The van der Waals surface area contributed by atoms with Gasteiger partial charge in [0.2, 0.25) is 5.95 Å². The van der Waals surface area contributed by atoms with Gasteiger partial charge in [0, 0.05) is 24.8 Å². The van der Waals surface area contributed by atoms with Crippen molar-refractivity contribution in [3.8, 4) is 0 Å². The summed E-state index contributed by atoms with van der Waals surface area (Å²) in [7, 11) is 0. The van der Waals surface area contributed by atoms with Crippen molar-refractivity contribution in [3.05, 3.63) is 22.1 Å². The van der Waals surface area contributed by atoms with Crippen molar-refractivity contribution >= 4 is 18.4 Å². The summed E-state index contributed by atoms with van der Waals surface area (Å²) >= 11 is 0. The number of anilines is 1. The van der Waals surface area contributed by atoms with E-state index in [4.69, 9.17) is 4.74 Å². The van der Waals surface area contributed by atoms with E-state index < -0.39 is 0 Å². The summed E-state index contributed by atoms with van der Waals surface area (Å²) in [6, 6.07) is 1.60. The topological polar surface area (TPSA) is 58.2 Å². The number of aryl methyl sites for hydroxylation is 1. The number of H-pyrrole nitrogens is 1. The Hall–Kier alpha value is -1.07. The first kappa shape index (κ1) is 16.0. The molecule has 0 radical (unpaired) electrons. The maximum absolute atomic E-state index is 11.6. The van der Waals surface area contributed by atoms with Gasteiger partial charge in [-0.2, -0.15) is 0 Å². The molecule has 108 valence electrons. The zero-order chi connectivity index (χ0) is 13.0. The summed E-state index contributed by atoms with van der Waals surface area (Å²) in [6.45, 7) is 7.32. The average molecular weight is 288 g/mol. The molecule has 1 aliphatic rings. The fourth-order valence-corrected chi connectivity index (χ4v) is 1.98. The van der Waals surface area contributed by atoms with Gasteiger partial charge >= 0.3 is 0 Å². The third kappa shape index (κ3) is 4.84. The highest BCUT2D eigenvalue weighted by molar-refractivity contribution is 5.85. The fourth-order valence-electron chi connectivity index (χ4n) is 1.98. The van der Waals surface area contributed by atoms with Crippen LogP contribution in [0.5, 0.6) is 0 Å². The number of halogens is 1. The minimum atomic E-state index is -0.0646. The van der Waals surface area contributed by atoms with Gasteiger partial charge in [-0.15, -0.1) is 12.4 Å². The SMILES string of the molecule is CC(C)CCc1cc(=O)[nH]c(N2CCOCC2)n1.Cl. The molecule has 2 rings (SSSR count). The molecular formula is C13H22ClN3O2. The van der Waals surface area contributed by atoms with Crippen molar-refractivity contribution in [1.82, 2.24) is 9.97 Å². The van der Waals surface area contributed by atoms with Crippen molar-refractivity contribution in [2.24, 2.45) is 5.92 Å². The number of morpholine rings is 1. The van der Waals surface area contributed by atoms with Gasteiger partial charge < -0.3 is 9.64 Å². The number of hydrogen-bond donors (Lipinski definition) is 1. The lowest BCUT2D eigenvalue weighted by atomic mass is 10.1. The van der Waals surface area contributed by atoms with Crippen molar-refractivity contribution in [3.63, 3.8) is 0 Å². The Morgan fingerprint density at radius 2 is 2.11 bits per heavy atom. The Labute approximate surface area is 119 Å². The maximum atomic E-state index is 11.6. The molecule has 1 saturated heterocycles. The van der Waals surface area contributed by atoms with Gasteiger partial charge in [-0.3, -0.25) is 9.78 Å². The number of aromatic amines is 1.